The van der Waals surface area contributed by atoms with Crippen molar-refractivity contribution in [3.63, 3.8) is 0 Å². The molecule has 0 radical (unpaired) electrons. The summed E-state index contributed by atoms with van der Waals surface area (Å²) >= 11 is 0. The molecule has 164 valence electrons. The molecule has 1 heterocycles. The summed E-state index contributed by atoms with van der Waals surface area (Å²) in [4.78, 5) is 2.36. The van der Waals surface area contributed by atoms with Crippen molar-refractivity contribution in [1.82, 2.24) is 4.90 Å². The second-order valence-electron chi connectivity index (χ2n) is 8.09. The van der Waals surface area contributed by atoms with Gasteiger partial charge in [-0.25, -0.2) is 0 Å². The average Bonchev–Trinajstić information content (AvgIpc) is 2.80. The molecule has 1 aliphatic heterocycles. The van der Waals surface area contributed by atoms with Gasteiger partial charge in [0.15, 0.2) is 0 Å². The Bertz CT molecular complexity index is 1140. The maximum atomic E-state index is 9.78. The van der Waals surface area contributed by atoms with Crippen molar-refractivity contribution in [1.29, 1.82) is 10.8 Å². The summed E-state index contributed by atoms with van der Waals surface area (Å²) in [6, 6.07) is 20.6. The fourth-order valence-electron chi connectivity index (χ4n) is 3.95. The molecule has 1 fully saturated rings. The summed E-state index contributed by atoms with van der Waals surface area (Å²) in [7, 11) is 0. The van der Waals surface area contributed by atoms with E-state index in [0.717, 1.165) is 49.5 Å². The van der Waals surface area contributed by atoms with Crippen LogP contribution in [-0.2, 0) is 17.7 Å². The van der Waals surface area contributed by atoms with Gasteiger partial charge in [0, 0.05) is 37.3 Å². The molecule has 1 aliphatic rings. The standard InChI is InChI=1S/C26H28N4O2/c27-24-8-7-21(20-5-2-6-22(31)15-20)16-23(24)26(29)25(28)14-18-3-1-4-19(13-18)17-30-9-11-32-12-10-30/h1-8,13,15-16,28-29,31H,9-12,14,17,27H2. The molecule has 0 bridgehead atoms. The summed E-state index contributed by atoms with van der Waals surface area (Å²) in [5.41, 5.74) is 11.4. The van der Waals surface area contributed by atoms with Crippen LogP contribution in [-0.4, -0.2) is 47.7 Å². The molecular weight excluding hydrogens is 400 g/mol. The van der Waals surface area contributed by atoms with E-state index in [2.05, 4.69) is 17.0 Å². The predicted octanol–water partition coefficient (Wildman–Crippen LogP) is 4.10. The van der Waals surface area contributed by atoms with Gasteiger partial charge in [0.25, 0.3) is 0 Å². The molecule has 32 heavy (non-hydrogen) atoms. The molecular formula is C26H28N4O2. The normalized spacial score (nSPS) is 14.2. The van der Waals surface area contributed by atoms with Crippen LogP contribution in [0.25, 0.3) is 11.1 Å². The highest BCUT2D eigenvalue weighted by atomic mass is 16.5. The fourth-order valence-corrected chi connectivity index (χ4v) is 3.95. The van der Waals surface area contributed by atoms with E-state index in [1.807, 2.05) is 30.3 Å². The van der Waals surface area contributed by atoms with Crippen LogP contribution >= 0.6 is 0 Å². The van der Waals surface area contributed by atoms with Gasteiger partial charge in [-0.05, 0) is 46.5 Å². The van der Waals surface area contributed by atoms with E-state index >= 15 is 0 Å². The number of anilines is 1. The molecule has 6 heteroatoms. The molecule has 0 atom stereocenters. The van der Waals surface area contributed by atoms with Crippen LogP contribution in [0.5, 0.6) is 5.75 Å². The zero-order valence-electron chi connectivity index (χ0n) is 18.0. The van der Waals surface area contributed by atoms with Gasteiger partial charge >= 0.3 is 0 Å². The van der Waals surface area contributed by atoms with Crippen molar-refractivity contribution in [3.8, 4) is 16.9 Å². The van der Waals surface area contributed by atoms with Gasteiger partial charge in [-0.15, -0.1) is 0 Å². The van der Waals surface area contributed by atoms with Crippen LogP contribution in [0.15, 0.2) is 66.7 Å². The highest BCUT2D eigenvalue weighted by Gasteiger charge is 2.15. The van der Waals surface area contributed by atoms with Crippen LogP contribution in [0, 0.1) is 10.8 Å². The highest BCUT2D eigenvalue weighted by molar-refractivity contribution is 6.47. The number of phenols is 1. The number of morpholine rings is 1. The lowest BCUT2D eigenvalue weighted by molar-refractivity contribution is 0.0342. The number of aromatic hydroxyl groups is 1. The first kappa shape index (κ1) is 21.7. The number of nitrogens with two attached hydrogens (primary N) is 1. The molecule has 4 rings (SSSR count). The van der Waals surface area contributed by atoms with E-state index in [-0.39, 0.29) is 17.2 Å². The van der Waals surface area contributed by atoms with E-state index in [4.69, 9.17) is 21.3 Å². The Hall–Kier alpha value is -3.48. The van der Waals surface area contributed by atoms with Gasteiger partial charge in [-0.3, -0.25) is 10.3 Å². The molecule has 6 nitrogen and oxygen atoms in total. The molecule has 3 aromatic rings. The maximum absolute atomic E-state index is 9.78. The Morgan fingerprint density at radius 2 is 1.62 bits per heavy atom. The first-order chi connectivity index (χ1) is 15.5. The lowest BCUT2D eigenvalue weighted by Gasteiger charge is -2.26. The monoisotopic (exact) mass is 428 g/mol. The third-order valence-electron chi connectivity index (χ3n) is 5.69. The number of ether oxygens (including phenoxy) is 1. The Labute approximate surface area is 188 Å². The number of rotatable bonds is 7. The second-order valence-corrected chi connectivity index (χ2v) is 8.09. The summed E-state index contributed by atoms with van der Waals surface area (Å²) in [5.74, 6) is 0.181. The first-order valence-corrected chi connectivity index (χ1v) is 10.7. The number of nitrogen functional groups attached to an aromatic ring is 1. The maximum Gasteiger partial charge on any atom is 0.116 e. The number of nitrogens with zero attached hydrogens (tertiary/aromatic N) is 1. The fraction of sp³-hybridized carbons (Fsp3) is 0.231. The van der Waals surface area contributed by atoms with Crippen molar-refractivity contribution >= 4 is 17.1 Å². The van der Waals surface area contributed by atoms with Gasteiger partial charge < -0.3 is 21.0 Å². The smallest absolute Gasteiger partial charge is 0.116 e. The van der Waals surface area contributed by atoms with Crippen LogP contribution < -0.4 is 5.73 Å². The van der Waals surface area contributed by atoms with E-state index in [1.165, 1.54) is 5.56 Å². The van der Waals surface area contributed by atoms with E-state index in [9.17, 15) is 5.11 Å². The van der Waals surface area contributed by atoms with Gasteiger partial charge in [-0.2, -0.15) is 0 Å². The van der Waals surface area contributed by atoms with Crippen molar-refractivity contribution in [2.45, 2.75) is 13.0 Å². The summed E-state index contributed by atoms with van der Waals surface area (Å²) in [5, 5.41) is 26.9. The van der Waals surface area contributed by atoms with E-state index in [0.29, 0.717) is 17.7 Å². The van der Waals surface area contributed by atoms with E-state index in [1.54, 1.807) is 24.3 Å². The minimum absolute atomic E-state index is 0.114. The van der Waals surface area contributed by atoms with Crippen molar-refractivity contribution < 1.29 is 9.84 Å². The predicted molar refractivity (Wildman–Crippen MR) is 129 cm³/mol. The first-order valence-electron chi connectivity index (χ1n) is 10.7. The van der Waals surface area contributed by atoms with Gasteiger partial charge in [-0.1, -0.05) is 42.5 Å². The summed E-state index contributed by atoms with van der Waals surface area (Å²) in [6.07, 6.45) is 0.367. The number of phenolic OH excluding ortho intramolecular Hbond substituents is 1. The molecule has 5 N–H and O–H groups in total. The topological polar surface area (TPSA) is 106 Å². The Morgan fingerprint density at radius 1 is 0.906 bits per heavy atom. The lowest BCUT2D eigenvalue weighted by Crippen LogP contribution is -2.35. The Morgan fingerprint density at radius 3 is 2.41 bits per heavy atom. The van der Waals surface area contributed by atoms with Crippen LogP contribution in [0.2, 0.25) is 0 Å². The third-order valence-corrected chi connectivity index (χ3v) is 5.69. The second kappa shape index (κ2) is 9.77. The molecule has 0 amide bonds. The van der Waals surface area contributed by atoms with Gasteiger partial charge in [0.1, 0.15) is 5.75 Å². The largest absolute Gasteiger partial charge is 0.508 e. The summed E-state index contributed by atoms with van der Waals surface area (Å²) < 4.78 is 5.42. The van der Waals surface area contributed by atoms with Crippen molar-refractivity contribution in [2.75, 3.05) is 32.0 Å². The quantitative estimate of drug-likeness (QED) is 0.336. The molecule has 0 aliphatic carbocycles. The molecule has 1 saturated heterocycles. The molecule has 0 saturated carbocycles. The highest BCUT2D eigenvalue weighted by Crippen LogP contribution is 2.27. The Kier molecular flexibility index (Phi) is 6.63. The van der Waals surface area contributed by atoms with Gasteiger partial charge in [0.05, 0.1) is 24.6 Å². The SMILES string of the molecule is N=C(Cc1cccc(CN2CCOCC2)c1)C(=N)c1cc(-c2cccc(O)c2)ccc1N. The molecule has 0 aromatic heterocycles. The lowest BCUT2D eigenvalue weighted by atomic mass is 9.95. The Balaban J connectivity index is 1.49. The number of nitrogens with one attached hydrogen (secondary N) is 2. The van der Waals surface area contributed by atoms with Crippen molar-refractivity contribution in [3.05, 3.63) is 83.4 Å². The van der Waals surface area contributed by atoms with E-state index < -0.39 is 0 Å². The molecule has 0 spiro atoms. The van der Waals surface area contributed by atoms with Crippen LogP contribution in [0.4, 0.5) is 5.69 Å². The average molecular weight is 429 g/mol. The number of hydrogen-bond acceptors (Lipinski definition) is 6. The third kappa shape index (κ3) is 5.22. The minimum Gasteiger partial charge on any atom is -0.508 e. The number of benzene rings is 3. The zero-order valence-corrected chi connectivity index (χ0v) is 18.0. The van der Waals surface area contributed by atoms with Crippen LogP contribution in [0.3, 0.4) is 0 Å². The van der Waals surface area contributed by atoms with Crippen LogP contribution in [0.1, 0.15) is 16.7 Å². The minimum atomic E-state index is 0.114. The molecule has 0 unspecified atom stereocenters. The number of hydrogen-bond donors (Lipinski definition) is 4. The zero-order chi connectivity index (χ0) is 22.5. The van der Waals surface area contributed by atoms with Crippen molar-refractivity contribution in [2.24, 2.45) is 0 Å². The van der Waals surface area contributed by atoms with Gasteiger partial charge in [0.2, 0.25) is 0 Å². The summed E-state index contributed by atoms with van der Waals surface area (Å²) in [6.45, 7) is 4.26. The molecule has 3 aromatic carbocycles.